The number of halogens is 8. The molecule has 0 rings (SSSR count). The predicted octanol–water partition coefficient (Wildman–Crippen LogP) is 3.28. The highest BCUT2D eigenvalue weighted by molar-refractivity contribution is 6.03. The standard InChI is InChI=1S/C13H14F8O4/c1-6(2)4-7(22)5-8(23)10(14,15)12(18,19)13(20,21)11(16,17)9(24)25-3/h6H,4-5H2,1-3H3. The van der Waals surface area contributed by atoms with Crippen molar-refractivity contribution in [3.05, 3.63) is 0 Å². The monoisotopic (exact) mass is 386 g/mol. The topological polar surface area (TPSA) is 60.4 Å². The molecule has 0 spiro atoms. The minimum atomic E-state index is -6.97. The number of alkyl halides is 8. The van der Waals surface area contributed by atoms with E-state index in [1.807, 2.05) is 0 Å². The van der Waals surface area contributed by atoms with Gasteiger partial charge >= 0.3 is 29.7 Å². The summed E-state index contributed by atoms with van der Waals surface area (Å²) in [4.78, 5) is 33.0. The highest BCUT2D eigenvalue weighted by Gasteiger charge is 2.84. The first-order chi connectivity index (χ1) is 11.0. The lowest BCUT2D eigenvalue weighted by Crippen LogP contribution is -2.66. The van der Waals surface area contributed by atoms with Crippen LogP contribution in [0.25, 0.3) is 0 Å². The fourth-order valence-electron chi connectivity index (χ4n) is 1.64. The maximum Gasteiger partial charge on any atom is 0.410 e. The summed E-state index contributed by atoms with van der Waals surface area (Å²) in [7, 11) is 0.137. The molecule has 0 aromatic carbocycles. The van der Waals surface area contributed by atoms with E-state index in [9.17, 15) is 49.5 Å². The fraction of sp³-hybridized carbons (Fsp3) is 0.769. The number of ether oxygens (including phenoxy) is 1. The van der Waals surface area contributed by atoms with E-state index in [0.717, 1.165) is 0 Å². The van der Waals surface area contributed by atoms with E-state index in [0.29, 0.717) is 0 Å². The molecular weight excluding hydrogens is 372 g/mol. The van der Waals surface area contributed by atoms with Crippen LogP contribution in [-0.2, 0) is 19.1 Å². The molecule has 0 atom stereocenters. The Kier molecular flexibility index (Phi) is 6.73. The summed E-state index contributed by atoms with van der Waals surface area (Å²) in [6.45, 7) is 2.83. The molecule has 0 fully saturated rings. The molecule has 12 heteroatoms. The smallest absolute Gasteiger partial charge is 0.410 e. The number of rotatable bonds is 9. The molecule has 0 heterocycles. The van der Waals surface area contributed by atoms with Crippen LogP contribution in [0, 0.1) is 5.92 Å². The minimum Gasteiger partial charge on any atom is -0.464 e. The van der Waals surface area contributed by atoms with Gasteiger partial charge in [0, 0.05) is 6.42 Å². The van der Waals surface area contributed by atoms with Gasteiger partial charge in [-0.25, -0.2) is 4.79 Å². The molecule has 0 N–H and O–H groups in total. The number of hydrogen-bond acceptors (Lipinski definition) is 4. The average Bonchev–Trinajstić information content (AvgIpc) is 2.44. The van der Waals surface area contributed by atoms with Crippen LogP contribution in [0.2, 0.25) is 0 Å². The van der Waals surface area contributed by atoms with Crippen molar-refractivity contribution in [1.29, 1.82) is 0 Å². The van der Waals surface area contributed by atoms with Gasteiger partial charge in [-0.05, 0) is 5.92 Å². The van der Waals surface area contributed by atoms with Crippen LogP contribution in [-0.4, -0.2) is 48.3 Å². The van der Waals surface area contributed by atoms with Gasteiger partial charge in [-0.2, -0.15) is 35.1 Å². The van der Waals surface area contributed by atoms with Gasteiger partial charge < -0.3 is 4.74 Å². The zero-order chi connectivity index (χ0) is 20.4. The Balaban J connectivity index is 5.76. The third-order valence-corrected chi connectivity index (χ3v) is 2.97. The summed E-state index contributed by atoms with van der Waals surface area (Å²) >= 11 is 0. The highest BCUT2D eigenvalue weighted by atomic mass is 19.4. The Bertz CT molecular complexity index is 542. The van der Waals surface area contributed by atoms with Crippen LogP contribution in [0.4, 0.5) is 35.1 Å². The lowest BCUT2D eigenvalue weighted by atomic mass is 9.92. The largest absolute Gasteiger partial charge is 0.464 e. The minimum absolute atomic E-state index is 0.137. The molecule has 0 aliphatic heterocycles. The van der Waals surface area contributed by atoms with Crippen LogP contribution in [0.1, 0.15) is 26.7 Å². The maximum atomic E-state index is 13.5. The van der Waals surface area contributed by atoms with Crippen molar-refractivity contribution >= 4 is 17.5 Å². The Morgan fingerprint density at radius 2 is 1.24 bits per heavy atom. The fourth-order valence-corrected chi connectivity index (χ4v) is 1.64. The molecule has 0 aliphatic rings. The van der Waals surface area contributed by atoms with E-state index in [2.05, 4.69) is 4.74 Å². The SMILES string of the molecule is COC(=O)C(F)(F)C(F)(F)C(F)(F)C(F)(F)C(=O)CC(=O)CC(C)C. The van der Waals surface area contributed by atoms with Crippen LogP contribution < -0.4 is 0 Å². The molecule has 0 aromatic rings. The molecule has 0 saturated heterocycles. The molecule has 0 radical (unpaired) electrons. The van der Waals surface area contributed by atoms with Crippen molar-refractivity contribution in [2.45, 2.75) is 50.4 Å². The maximum absolute atomic E-state index is 13.5. The van der Waals surface area contributed by atoms with E-state index in [1.165, 1.54) is 13.8 Å². The Hall–Kier alpha value is -1.75. The molecular formula is C13H14F8O4. The molecule has 4 nitrogen and oxygen atoms in total. The molecule has 0 bridgehead atoms. The summed E-state index contributed by atoms with van der Waals surface area (Å²) in [5, 5.41) is 0. The third-order valence-electron chi connectivity index (χ3n) is 2.97. The van der Waals surface area contributed by atoms with Crippen LogP contribution in [0.15, 0.2) is 0 Å². The Morgan fingerprint density at radius 1 is 0.840 bits per heavy atom. The lowest BCUT2D eigenvalue weighted by Gasteiger charge is -2.34. The lowest BCUT2D eigenvalue weighted by molar-refractivity contribution is -0.350. The second kappa shape index (κ2) is 7.24. The van der Waals surface area contributed by atoms with E-state index >= 15 is 0 Å². The first kappa shape index (κ1) is 23.2. The normalized spacial score (nSPS) is 13.8. The number of carbonyl (C=O) groups is 3. The van der Waals surface area contributed by atoms with Crippen molar-refractivity contribution in [3.63, 3.8) is 0 Å². The number of esters is 1. The summed E-state index contributed by atoms with van der Waals surface area (Å²) in [5.41, 5.74) is 0. The van der Waals surface area contributed by atoms with Gasteiger partial charge in [0.15, 0.2) is 0 Å². The summed E-state index contributed by atoms with van der Waals surface area (Å²) < 4.78 is 110. The van der Waals surface area contributed by atoms with Crippen molar-refractivity contribution < 1.29 is 54.2 Å². The molecule has 0 aliphatic carbocycles. The third kappa shape index (κ3) is 4.09. The number of methoxy groups -OCH3 is 1. The van der Waals surface area contributed by atoms with Gasteiger partial charge in [-0.3, -0.25) is 9.59 Å². The zero-order valence-electron chi connectivity index (χ0n) is 13.1. The van der Waals surface area contributed by atoms with Crippen molar-refractivity contribution in [3.8, 4) is 0 Å². The van der Waals surface area contributed by atoms with Gasteiger partial charge in [0.1, 0.15) is 5.78 Å². The Morgan fingerprint density at radius 3 is 1.60 bits per heavy atom. The van der Waals surface area contributed by atoms with Gasteiger partial charge in [0.2, 0.25) is 5.78 Å². The predicted molar refractivity (Wildman–Crippen MR) is 65.9 cm³/mol. The van der Waals surface area contributed by atoms with Gasteiger partial charge in [-0.15, -0.1) is 0 Å². The molecule has 0 amide bonds. The number of ketones is 2. The van der Waals surface area contributed by atoms with Crippen molar-refractivity contribution in [2.75, 3.05) is 7.11 Å². The van der Waals surface area contributed by atoms with E-state index < -0.39 is 60.0 Å². The Labute approximate surface area is 136 Å². The highest BCUT2D eigenvalue weighted by Crippen LogP contribution is 2.53. The van der Waals surface area contributed by atoms with Crippen molar-refractivity contribution in [1.82, 2.24) is 0 Å². The van der Waals surface area contributed by atoms with E-state index in [4.69, 9.17) is 0 Å². The molecule has 25 heavy (non-hydrogen) atoms. The summed E-state index contributed by atoms with van der Waals surface area (Å²) in [6, 6.07) is 0. The molecule has 0 unspecified atom stereocenters. The number of carbonyl (C=O) groups excluding carboxylic acids is 3. The first-order valence-electron chi connectivity index (χ1n) is 6.61. The van der Waals surface area contributed by atoms with Crippen molar-refractivity contribution in [2.24, 2.45) is 5.92 Å². The zero-order valence-corrected chi connectivity index (χ0v) is 13.1. The summed E-state index contributed by atoms with van der Waals surface area (Å²) in [5.74, 6) is -34.5. The van der Waals surface area contributed by atoms with Gasteiger partial charge in [0.05, 0.1) is 13.5 Å². The second-order valence-electron chi connectivity index (χ2n) is 5.53. The van der Waals surface area contributed by atoms with E-state index in [-0.39, 0.29) is 7.11 Å². The van der Waals surface area contributed by atoms with Crippen LogP contribution in [0.3, 0.4) is 0 Å². The molecule has 0 saturated carbocycles. The molecule has 146 valence electrons. The van der Waals surface area contributed by atoms with Gasteiger partial charge in [0.25, 0.3) is 0 Å². The number of Topliss-reactive ketones (excluding diaryl/α,β-unsaturated/α-hetero) is 2. The second-order valence-corrected chi connectivity index (χ2v) is 5.53. The number of hydrogen-bond donors (Lipinski definition) is 0. The molecule has 0 aromatic heterocycles. The van der Waals surface area contributed by atoms with Gasteiger partial charge in [-0.1, -0.05) is 13.8 Å². The van der Waals surface area contributed by atoms with E-state index in [1.54, 1.807) is 0 Å². The van der Waals surface area contributed by atoms with Crippen LogP contribution >= 0.6 is 0 Å². The quantitative estimate of drug-likeness (QED) is 0.347. The summed E-state index contributed by atoms with van der Waals surface area (Å²) in [6.07, 6.45) is -2.36. The average molecular weight is 386 g/mol. The first-order valence-corrected chi connectivity index (χ1v) is 6.61. The van der Waals surface area contributed by atoms with Crippen LogP contribution in [0.5, 0.6) is 0 Å².